The van der Waals surface area contributed by atoms with Gasteiger partial charge in [0.2, 0.25) is 0 Å². The van der Waals surface area contributed by atoms with Gasteiger partial charge in [-0.05, 0) is 19.3 Å². The Morgan fingerprint density at radius 2 is 1.21 bits per heavy atom. The predicted molar refractivity (Wildman–Crippen MR) is 118 cm³/mol. The molecule has 0 N–H and O–H groups in total. The Bertz CT molecular complexity index is 383. The smallest absolute Gasteiger partial charge is 0.308 e. The topological polar surface area (TPSA) is 61.8 Å². The van der Waals surface area contributed by atoms with Crippen molar-refractivity contribution in [3.63, 3.8) is 0 Å². The maximum absolute atomic E-state index is 11.9. The molecule has 0 amide bonds. The normalized spacial score (nSPS) is 12.0. The first kappa shape index (κ1) is 27.9. The summed E-state index contributed by atoms with van der Waals surface area (Å²) in [5.41, 5.74) is 0. The number of carbonyl (C=O) groups excluding carboxylic acids is 2. The van der Waals surface area contributed by atoms with Crippen LogP contribution >= 0.6 is 0 Å². The van der Waals surface area contributed by atoms with Crippen LogP contribution < -0.4 is 0 Å². The van der Waals surface area contributed by atoms with Gasteiger partial charge in [-0.2, -0.15) is 0 Å². The van der Waals surface area contributed by atoms with Gasteiger partial charge in [0.25, 0.3) is 0 Å². The molecule has 0 aromatic carbocycles. The molecule has 0 fully saturated rings. The van der Waals surface area contributed by atoms with Crippen molar-refractivity contribution >= 4 is 11.9 Å². The molecule has 0 radical (unpaired) electrons. The first-order valence-electron chi connectivity index (χ1n) is 12.1. The lowest BCUT2D eigenvalue weighted by atomic mass is 10.00. The maximum atomic E-state index is 11.9. The first-order valence-corrected chi connectivity index (χ1v) is 12.1. The predicted octanol–water partition coefficient (Wildman–Crippen LogP) is 6.23. The van der Waals surface area contributed by atoms with Gasteiger partial charge >= 0.3 is 11.9 Å². The minimum Gasteiger partial charge on any atom is -0.463 e. The number of rotatable bonds is 21. The largest absolute Gasteiger partial charge is 0.463 e. The van der Waals surface area contributed by atoms with Gasteiger partial charge in [-0.1, -0.05) is 85.0 Å². The molecule has 29 heavy (non-hydrogen) atoms. The minimum atomic E-state index is -0.148. The van der Waals surface area contributed by atoms with Crippen LogP contribution in [-0.2, 0) is 23.8 Å². The van der Waals surface area contributed by atoms with Gasteiger partial charge < -0.3 is 14.2 Å². The number of unbranched alkanes of at least 4 members (excludes halogenated alkanes) is 9. The minimum absolute atomic E-state index is 0.00281. The molecule has 172 valence electrons. The zero-order chi connectivity index (χ0) is 21.6. The molecule has 0 heterocycles. The molecule has 5 heteroatoms. The number of carbonyl (C=O) groups is 2. The van der Waals surface area contributed by atoms with E-state index in [-0.39, 0.29) is 31.1 Å². The SMILES string of the molecule is CCCCCCCCCCCC(=O)OCCOCCOC(=O)C(CC)CCCC. The molecule has 0 aromatic heterocycles. The lowest BCUT2D eigenvalue weighted by molar-refractivity contribution is -0.150. The summed E-state index contributed by atoms with van der Waals surface area (Å²) in [4.78, 5) is 23.6. The maximum Gasteiger partial charge on any atom is 0.308 e. The van der Waals surface area contributed by atoms with Crippen LogP contribution in [0.2, 0.25) is 0 Å². The highest BCUT2D eigenvalue weighted by molar-refractivity contribution is 5.72. The van der Waals surface area contributed by atoms with Gasteiger partial charge in [0.05, 0.1) is 19.1 Å². The number of ether oxygens (including phenoxy) is 3. The lowest BCUT2D eigenvalue weighted by Crippen LogP contribution is -2.20. The zero-order valence-electron chi connectivity index (χ0n) is 19.3. The second-order valence-corrected chi connectivity index (χ2v) is 7.83. The van der Waals surface area contributed by atoms with Crippen LogP contribution in [0.4, 0.5) is 0 Å². The number of hydrogen-bond acceptors (Lipinski definition) is 5. The molecule has 0 saturated carbocycles. The Balaban J connectivity index is 3.41. The van der Waals surface area contributed by atoms with Crippen molar-refractivity contribution in [1.82, 2.24) is 0 Å². The van der Waals surface area contributed by atoms with Crippen molar-refractivity contribution in [3.8, 4) is 0 Å². The molecule has 5 nitrogen and oxygen atoms in total. The van der Waals surface area contributed by atoms with E-state index in [1.165, 1.54) is 44.9 Å². The van der Waals surface area contributed by atoms with E-state index in [4.69, 9.17) is 14.2 Å². The Morgan fingerprint density at radius 3 is 1.79 bits per heavy atom. The molecule has 0 aliphatic carbocycles. The third-order valence-corrected chi connectivity index (χ3v) is 5.18. The standard InChI is InChI=1S/C24H46O5/c1-4-7-9-10-11-12-13-14-15-17-23(25)28-20-18-27-19-21-29-24(26)22(6-3)16-8-5-2/h22H,4-21H2,1-3H3. The molecular formula is C24H46O5. The number of esters is 2. The van der Waals surface area contributed by atoms with Crippen LogP contribution in [0.3, 0.4) is 0 Å². The second kappa shape index (κ2) is 21.6. The van der Waals surface area contributed by atoms with Gasteiger partial charge in [-0.3, -0.25) is 9.59 Å². The fourth-order valence-electron chi connectivity index (χ4n) is 3.23. The summed E-state index contributed by atoms with van der Waals surface area (Å²) in [6, 6.07) is 0. The quantitative estimate of drug-likeness (QED) is 0.165. The fraction of sp³-hybridized carbons (Fsp3) is 0.917. The highest BCUT2D eigenvalue weighted by atomic mass is 16.6. The van der Waals surface area contributed by atoms with Crippen LogP contribution in [0, 0.1) is 5.92 Å². The highest BCUT2D eigenvalue weighted by Crippen LogP contribution is 2.14. The molecule has 0 rings (SSSR count). The molecule has 1 atom stereocenters. The summed E-state index contributed by atoms with van der Waals surface area (Å²) in [6.45, 7) is 7.57. The monoisotopic (exact) mass is 414 g/mol. The van der Waals surface area contributed by atoms with Gasteiger partial charge in [0, 0.05) is 6.42 Å². The van der Waals surface area contributed by atoms with Gasteiger partial charge in [0.15, 0.2) is 0 Å². The third kappa shape index (κ3) is 18.7. The molecule has 1 unspecified atom stereocenters. The summed E-state index contributed by atoms with van der Waals surface area (Å²) < 4.78 is 15.8. The van der Waals surface area contributed by atoms with Crippen molar-refractivity contribution in [2.24, 2.45) is 5.92 Å². The molecule has 0 aliphatic rings. The third-order valence-electron chi connectivity index (χ3n) is 5.18. The van der Waals surface area contributed by atoms with E-state index in [1.807, 2.05) is 6.92 Å². The lowest BCUT2D eigenvalue weighted by Gasteiger charge is -2.13. The summed E-state index contributed by atoms with van der Waals surface area (Å²) >= 11 is 0. The van der Waals surface area contributed by atoms with Crippen molar-refractivity contribution in [2.45, 2.75) is 111 Å². The van der Waals surface area contributed by atoms with E-state index in [2.05, 4.69) is 13.8 Å². The van der Waals surface area contributed by atoms with Crippen molar-refractivity contribution in [3.05, 3.63) is 0 Å². The van der Waals surface area contributed by atoms with Gasteiger partial charge in [-0.25, -0.2) is 0 Å². The summed E-state index contributed by atoms with van der Waals surface area (Å²) in [5.74, 6) is -0.279. The second-order valence-electron chi connectivity index (χ2n) is 7.83. The zero-order valence-corrected chi connectivity index (χ0v) is 19.3. The first-order chi connectivity index (χ1) is 14.2. The summed E-state index contributed by atoms with van der Waals surface area (Å²) in [5, 5.41) is 0. The fourth-order valence-corrected chi connectivity index (χ4v) is 3.23. The van der Waals surface area contributed by atoms with E-state index in [0.717, 1.165) is 38.5 Å². The molecule has 0 bridgehead atoms. The van der Waals surface area contributed by atoms with E-state index < -0.39 is 0 Å². The average molecular weight is 415 g/mol. The van der Waals surface area contributed by atoms with E-state index in [9.17, 15) is 9.59 Å². The van der Waals surface area contributed by atoms with Crippen LogP contribution in [0.15, 0.2) is 0 Å². The van der Waals surface area contributed by atoms with E-state index in [1.54, 1.807) is 0 Å². The molecule has 0 aromatic rings. The highest BCUT2D eigenvalue weighted by Gasteiger charge is 2.16. The van der Waals surface area contributed by atoms with Crippen LogP contribution in [0.25, 0.3) is 0 Å². The van der Waals surface area contributed by atoms with Crippen LogP contribution in [-0.4, -0.2) is 38.4 Å². The van der Waals surface area contributed by atoms with Crippen molar-refractivity contribution in [2.75, 3.05) is 26.4 Å². The average Bonchev–Trinajstić information content (AvgIpc) is 2.72. The molecule has 0 aliphatic heterocycles. The van der Waals surface area contributed by atoms with Gasteiger partial charge in [-0.15, -0.1) is 0 Å². The van der Waals surface area contributed by atoms with Gasteiger partial charge in [0.1, 0.15) is 13.2 Å². The van der Waals surface area contributed by atoms with E-state index >= 15 is 0 Å². The van der Waals surface area contributed by atoms with Crippen LogP contribution in [0.5, 0.6) is 0 Å². The molecule has 0 saturated heterocycles. The Labute approximate surface area is 179 Å². The van der Waals surface area contributed by atoms with Crippen LogP contribution in [0.1, 0.15) is 111 Å². The van der Waals surface area contributed by atoms with E-state index in [0.29, 0.717) is 19.6 Å². The molecule has 0 spiro atoms. The molecular weight excluding hydrogens is 368 g/mol. The summed E-state index contributed by atoms with van der Waals surface area (Å²) in [6.07, 6.45) is 15.5. The van der Waals surface area contributed by atoms with Crippen molar-refractivity contribution in [1.29, 1.82) is 0 Å². The Kier molecular flexibility index (Phi) is 20.8. The number of hydrogen-bond donors (Lipinski definition) is 0. The van der Waals surface area contributed by atoms with Crippen molar-refractivity contribution < 1.29 is 23.8 Å². The Morgan fingerprint density at radius 1 is 0.655 bits per heavy atom. The Hall–Kier alpha value is -1.10. The summed E-state index contributed by atoms with van der Waals surface area (Å²) in [7, 11) is 0.